The second-order valence-corrected chi connectivity index (χ2v) is 4.89. The quantitative estimate of drug-likeness (QED) is 0.480. The minimum absolute atomic E-state index is 0.00168. The van der Waals surface area contributed by atoms with Crippen LogP contribution >= 0.6 is 0 Å². The van der Waals surface area contributed by atoms with E-state index in [1.807, 2.05) is 6.92 Å². The Bertz CT molecular complexity index is 742. The summed E-state index contributed by atoms with van der Waals surface area (Å²) in [6.07, 6.45) is 2.26. The second kappa shape index (κ2) is 8.42. The number of carbonyl (C=O) groups is 1. The van der Waals surface area contributed by atoms with Crippen molar-refractivity contribution < 1.29 is 14.5 Å². The van der Waals surface area contributed by atoms with Crippen molar-refractivity contribution in [2.24, 2.45) is 5.10 Å². The molecule has 0 aromatic heterocycles. The Labute approximate surface area is 139 Å². The number of benzene rings is 2. The van der Waals surface area contributed by atoms with Crippen LogP contribution in [0.25, 0.3) is 0 Å². The molecule has 0 saturated carbocycles. The van der Waals surface area contributed by atoms with E-state index in [4.69, 9.17) is 4.74 Å². The van der Waals surface area contributed by atoms with Crippen LogP contribution in [0, 0.1) is 10.1 Å². The van der Waals surface area contributed by atoms with Crippen molar-refractivity contribution >= 4 is 17.8 Å². The van der Waals surface area contributed by atoms with E-state index in [2.05, 4.69) is 10.5 Å². The molecule has 1 N–H and O–H groups in total. The van der Waals surface area contributed by atoms with Crippen molar-refractivity contribution in [3.63, 3.8) is 0 Å². The summed E-state index contributed by atoms with van der Waals surface area (Å²) in [5.41, 5.74) is 3.45. The standard InChI is InChI=1S/C17H17N3O4/c1-2-11-24-16-6-4-3-5-15(16)17(21)19-18-12-13-7-9-14(10-8-13)20(22)23/h3-10,12H,2,11H2,1H3,(H,19,21)/b18-12+. The summed E-state index contributed by atoms with van der Waals surface area (Å²) in [7, 11) is 0. The molecule has 0 unspecified atom stereocenters. The summed E-state index contributed by atoms with van der Waals surface area (Å²) >= 11 is 0. The Morgan fingerprint density at radius 1 is 1.25 bits per heavy atom. The van der Waals surface area contributed by atoms with Crippen LogP contribution in [0.1, 0.15) is 29.3 Å². The summed E-state index contributed by atoms with van der Waals surface area (Å²) in [6, 6.07) is 12.8. The molecule has 0 aliphatic carbocycles. The highest BCUT2D eigenvalue weighted by Crippen LogP contribution is 2.18. The summed E-state index contributed by atoms with van der Waals surface area (Å²) in [5.74, 6) is 0.113. The number of hydrogen-bond donors (Lipinski definition) is 1. The molecule has 124 valence electrons. The molecule has 2 aromatic carbocycles. The second-order valence-electron chi connectivity index (χ2n) is 4.89. The molecule has 0 aliphatic heterocycles. The van der Waals surface area contributed by atoms with Crippen LogP contribution in [0.5, 0.6) is 5.75 Å². The van der Waals surface area contributed by atoms with E-state index in [1.165, 1.54) is 18.3 Å². The predicted molar refractivity (Wildman–Crippen MR) is 90.4 cm³/mol. The van der Waals surface area contributed by atoms with Gasteiger partial charge in [-0.15, -0.1) is 0 Å². The van der Waals surface area contributed by atoms with Gasteiger partial charge in [-0.1, -0.05) is 19.1 Å². The zero-order chi connectivity index (χ0) is 17.4. The molecule has 7 nitrogen and oxygen atoms in total. The van der Waals surface area contributed by atoms with Crippen molar-refractivity contribution in [1.29, 1.82) is 0 Å². The van der Waals surface area contributed by atoms with Gasteiger partial charge in [-0.25, -0.2) is 5.43 Å². The first-order chi connectivity index (χ1) is 11.6. The Kier molecular flexibility index (Phi) is 6.01. The molecule has 0 bridgehead atoms. The lowest BCUT2D eigenvalue weighted by molar-refractivity contribution is -0.384. The Hall–Kier alpha value is -3.22. The Morgan fingerprint density at radius 3 is 2.62 bits per heavy atom. The number of nitrogens with zero attached hydrogens (tertiary/aromatic N) is 2. The highest BCUT2D eigenvalue weighted by molar-refractivity contribution is 5.97. The number of non-ortho nitro benzene ring substituents is 1. The lowest BCUT2D eigenvalue weighted by Gasteiger charge is -2.09. The van der Waals surface area contributed by atoms with Gasteiger partial charge in [-0.2, -0.15) is 5.10 Å². The molecule has 0 atom stereocenters. The van der Waals surface area contributed by atoms with E-state index < -0.39 is 4.92 Å². The summed E-state index contributed by atoms with van der Waals surface area (Å²) in [6.45, 7) is 2.51. The van der Waals surface area contributed by atoms with Crippen LogP contribution in [-0.4, -0.2) is 23.7 Å². The van der Waals surface area contributed by atoms with Gasteiger partial charge in [0.05, 0.1) is 23.3 Å². The highest BCUT2D eigenvalue weighted by Gasteiger charge is 2.11. The topological polar surface area (TPSA) is 93.8 Å². The van der Waals surface area contributed by atoms with Gasteiger partial charge < -0.3 is 4.74 Å². The Balaban J connectivity index is 2.01. The average molecular weight is 327 g/mol. The van der Waals surface area contributed by atoms with Crippen LogP contribution in [0.2, 0.25) is 0 Å². The minimum Gasteiger partial charge on any atom is -0.493 e. The van der Waals surface area contributed by atoms with E-state index >= 15 is 0 Å². The number of carbonyl (C=O) groups excluding carboxylic acids is 1. The van der Waals surface area contributed by atoms with Crippen molar-refractivity contribution in [3.8, 4) is 5.75 Å². The number of amides is 1. The number of nitrogens with one attached hydrogen (secondary N) is 1. The number of nitro groups is 1. The fourth-order valence-electron chi connectivity index (χ4n) is 1.90. The highest BCUT2D eigenvalue weighted by atomic mass is 16.6. The molecular formula is C17H17N3O4. The van der Waals surface area contributed by atoms with Gasteiger partial charge in [-0.3, -0.25) is 14.9 Å². The van der Waals surface area contributed by atoms with Crippen molar-refractivity contribution in [3.05, 3.63) is 69.8 Å². The molecule has 1 amide bonds. The molecular weight excluding hydrogens is 310 g/mol. The molecule has 0 saturated heterocycles. The normalized spacial score (nSPS) is 10.5. The Morgan fingerprint density at radius 2 is 1.96 bits per heavy atom. The zero-order valence-electron chi connectivity index (χ0n) is 13.1. The summed E-state index contributed by atoms with van der Waals surface area (Å²) in [5, 5.41) is 14.4. The largest absolute Gasteiger partial charge is 0.493 e. The van der Waals surface area contributed by atoms with Crippen molar-refractivity contribution in [2.75, 3.05) is 6.61 Å². The molecule has 0 fully saturated rings. The van der Waals surface area contributed by atoms with E-state index in [0.717, 1.165) is 6.42 Å². The predicted octanol–water partition coefficient (Wildman–Crippen LogP) is 3.15. The van der Waals surface area contributed by atoms with Crippen molar-refractivity contribution in [1.82, 2.24) is 5.43 Å². The maximum absolute atomic E-state index is 12.2. The van der Waals surface area contributed by atoms with E-state index in [-0.39, 0.29) is 11.6 Å². The molecule has 0 heterocycles. The minimum atomic E-state index is -0.476. The number of ether oxygens (including phenoxy) is 1. The monoisotopic (exact) mass is 327 g/mol. The molecule has 2 rings (SSSR count). The van der Waals surface area contributed by atoms with Crippen molar-refractivity contribution in [2.45, 2.75) is 13.3 Å². The number of hydrazone groups is 1. The molecule has 2 aromatic rings. The third-order valence-electron chi connectivity index (χ3n) is 3.08. The van der Waals surface area contributed by atoms with Gasteiger partial charge in [-0.05, 0) is 36.2 Å². The maximum atomic E-state index is 12.2. The van der Waals surface area contributed by atoms with E-state index in [9.17, 15) is 14.9 Å². The van der Waals surface area contributed by atoms with Gasteiger partial charge in [0.25, 0.3) is 11.6 Å². The fourth-order valence-corrected chi connectivity index (χ4v) is 1.90. The molecule has 0 spiro atoms. The van der Waals surface area contributed by atoms with Crippen LogP contribution in [-0.2, 0) is 0 Å². The third kappa shape index (κ3) is 4.64. The first-order valence-electron chi connectivity index (χ1n) is 7.41. The van der Waals surface area contributed by atoms with Crippen LogP contribution in [0.3, 0.4) is 0 Å². The SMILES string of the molecule is CCCOc1ccccc1C(=O)N/N=C/c1ccc([N+](=O)[O-])cc1. The maximum Gasteiger partial charge on any atom is 0.275 e. The summed E-state index contributed by atoms with van der Waals surface area (Å²) in [4.78, 5) is 22.3. The molecule has 0 radical (unpaired) electrons. The van der Waals surface area contributed by atoms with Crippen LogP contribution in [0.15, 0.2) is 53.6 Å². The number of para-hydroxylation sites is 1. The van der Waals surface area contributed by atoms with Gasteiger partial charge in [0.1, 0.15) is 5.75 Å². The van der Waals surface area contributed by atoms with Crippen LogP contribution in [0.4, 0.5) is 5.69 Å². The van der Waals surface area contributed by atoms with Gasteiger partial charge >= 0.3 is 0 Å². The van der Waals surface area contributed by atoms with Gasteiger partial charge in [0, 0.05) is 12.1 Å². The smallest absolute Gasteiger partial charge is 0.275 e. The molecule has 7 heteroatoms. The van der Waals surface area contributed by atoms with Gasteiger partial charge in [0.15, 0.2) is 0 Å². The van der Waals surface area contributed by atoms with Gasteiger partial charge in [0.2, 0.25) is 0 Å². The first-order valence-corrected chi connectivity index (χ1v) is 7.41. The summed E-state index contributed by atoms with van der Waals surface area (Å²) < 4.78 is 5.53. The molecule has 24 heavy (non-hydrogen) atoms. The lowest BCUT2D eigenvalue weighted by Crippen LogP contribution is -2.18. The first kappa shape index (κ1) is 17.1. The third-order valence-corrected chi connectivity index (χ3v) is 3.08. The zero-order valence-corrected chi connectivity index (χ0v) is 13.1. The number of nitro benzene ring substituents is 1. The lowest BCUT2D eigenvalue weighted by atomic mass is 10.2. The number of hydrogen-bond acceptors (Lipinski definition) is 5. The average Bonchev–Trinajstić information content (AvgIpc) is 2.60. The fraction of sp³-hybridized carbons (Fsp3) is 0.176. The molecule has 0 aliphatic rings. The van der Waals surface area contributed by atoms with E-state index in [1.54, 1.807) is 36.4 Å². The van der Waals surface area contributed by atoms with E-state index in [0.29, 0.717) is 23.5 Å². The van der Waals surface area contributed by atoms with Crippen LogP contribution < -0.4 is 10.2 Å². The number of rotatable bonds is 7.